The second kappa shape index (κ2) is 5.09. The van der Waals surface area contributed by atoms with E-state index in [0.29, 0.717) is 11.3 Å². The van der Waals surface area contributed by atoms with E-state index in [2.05, 4.69) is 4.72 Å². The highest BCUT2D eigenvalue weighted by Crippen LogP contribution is 2.26. The first-order valence-electron chi connectivity index (χ1n) is 6.24. The fourth-order valence-corrected chi connectivity index (χ4v) is 2.14. The van der Waals surface area contributed by atoms with Gasteiger partial charge in [-0.15, -0.1) is 0 Å². The van der Waals surface area contributed by atoms with Crippen molar-refractivity contribution in [2.75, 3.05) is 4.72 Å². The van der Waals surface area contributed by atoms with E-state index in [1.165, 1.54) is 0 Å². The summed E-state index contributed by atoms with van der Waals surface area (Å²) in [7, 11) is -3.48. The largest absolute Gasteiger partial charge is 0.481 e. The zero-order valence-electron chi connectivity index (χ0n) is 12.4. The first-order chi connectivity index (χ1) is 8.88. The van der Waals surface area contributed by atoms with Crippen LogP contribution < -0.4 is 4.72 Å². The van der Waals surface area contributed by atoms with Gasteiger partial charge in [-0.05, 0) is 52.3 Å². The van der Waals surface area contributed by atoms with E-state index in [1.54, 1.807) is 58.9 Å². The minimum atomic E-state index is -3.48. The molecule has 0 amide bonds. The van der Waals surface area contributed by atoms with Crippen LogP contribution in [0.15, 0.2) is 24.3 Å². The van der Waals surface area contributed by atoms with E-state index in [4.69, 9.17) is 5.11 Å². The number of carboxylic acid groups (broad SMARTS) is 1. The number of carbonyl (C=O) groups is 1. The van der Waals surface area contributed by atoms with Crippen LogP contribution in [0.2, 0.25) is 0 Å². The molecule has 6 heteroatoms. The Hall–Kier alpha value is -1.56. The summed E-state index contributed by atoms with van der Waals surface area (Å²) in [5.74, 6) is -0.930. The Morgan fingerprint density at radius 2 is 1.50 bits per heavy atom. The fraction of sp³-hybridized carbons (Fsp3) is 0.500. The zero-order valence-corrected chi connectivity index (χ0v) is 13.2. The second-order valence-electron chi connectivity index (χ2n) is 6.23. The van der Waals surface area contributed by atoms with Gasteiger partial charge in [0.1, 0.15) is 0 Å². The standard InChI is InChI=1S/C14H21NO4S/c1-13(2,3)20(18,19)15-11-8-6-10(7-9-11)14(4,5)12(16)17/h6-9,15H,1-5H3,(H,16,17). The smallest absolute Gasteiger partial charge is 0.313 e. The molecule has 0 aromatic heterocycles. The van der Waals surface area contributed by atoms with Gasteiger partial charge < -0.3 is 5.11 Å². The monoisotopic (exact) mass is 299 g/mol. The van der Waals surface area contributed by atoms with Crippen LogP contribution in [0.3, 0.4) is 0 Å². The fourth-order valence-electron chi connectivity index (χ4n) is 1.39. The van der Waals surface area contributed by atoms with E-state index < -0.39 is 26.2 Å². The van der Waals surface area contributed by atoms with Gasteiger partial charge in [-0.3, -0.25) is 9.52 Å². The summed E-state index contributed by atoms with van der Waals surface area (Å²) in [4.78, 5) is 11.2. The van der Waals surface area contributed by atoms with Crippen molar-refractivity contribution in [1.29, 1.82) is 0 Å². The van der Waals surface area contributed by atoms with Crippen molar-refractivity contribution in [3.63, 3.8) is 0 Å². The van der Waals surface area contributed by atoms with Gasteiger partial charge in [0.05, 0.1) is 10.2 Å². The lowest BCUT2D eigenvalue weighted by atomic mass is 9.85. The number of benzene rings is 1. The topological polar surface area (TPSA) is 83.5 Å². The van der Waals surface area contributed by atoms with Crippen molar-refractivity contribution in [3.8, 4) is 0 Å². The third-order valence-electron chi connectivity index (χ3n) is 3.20. The molecule has 0 aliphatic rings. The average molecular weight is 299 g/mol. The molecule has 112 valence electrons. The predicted molar refractivity (Wildman–Crippen MR) is 79.4 cm³/mol. The number of carboxylic acids is 1. The van der Waals surface area contributed by atoms with Gasteiger partial charge in [0.2, 0.25) is 10.0 Å². The second-order valence-corrected chi connectivity index (χ2v) is 8.66. The van der Waals surface area contributed by atoms with Gasteiger partial charge in [0.25, 0.3) is 0 Å². The number of sulfonamides is 1. The summed E-state index contributed by atoms with van der Waals surface area (Å²) < 4.78 is 25.6. The van der Waals surface area contributed by atoms with Crippen LogP contribution in [0.25, 0.3) is 0 Å². The Balaban J connectivity index is 3.03. The number of hydrogen-bond donors (Lipinski definition) is 2. The highest BCUT2D eigenvalue weighted by atomic mass is 32.2. The molecule has 0 fully saturated rings. The molecule has 20 heavy (non-hydrogen) atoms. The lowest BCUT2D eigenvalue weighted by Crippen LogP contribution is -2.33. The van der Waals surface area contributed by atoms with Crippen LogP contribution in [0.4, 0.5) is 5.69 Å². The molecule has 1 aromatic carbocycles. The zero-order chi connectivity index (χ0) is 15.8. The van der Waals surface area contributed by atoms with E-state index in [1.807, 2.05) is 0 Å². The number of aliphatic carboxylic acids is 1. The van der Waals surface area contributed by atoms with Crippen LogP contribution in [0.5, 0.6) is 0 Å². The summed E-state index contributed by atoms with van der Waals surface area (Å²) in [6.45, 7) is 8.03. The number of anilines is 1. The first kappa shape index (κ1) is 16.5. The van der Waals surface area contributed by atoms with E-state index in [-0.39, 0.29) is 0 Å². The van der Waals surface area contributed by atoms with Gasteiger partial charge in [0.15, 0.2) is 0 Å². The molecule has 1 aromatic rings. The van der Waals surface area contributed by atoms with Crippen LogP contribution in [0, 0.1) is 0 Å². The molecule has 0 spiro atoms. The normalized spacial score (nSPS) is 13.1. The van der Waals surface area contributed by atoms with Crippen molar-refractivity contribution in [2.45, 2.75) is 44.8 Å². The molecule has 0 aliphatic heterocycles. The van der Waals surface area contributed by atoms with Crippen LogP contribution in [-0.2, 0) is 20.2 Å². The Bertz CT molecular complexity index is 595. The SMILES string of the molecule is CC(C)(C(=O)O)c1ccc(NS(=O)(=O)C(C)(C)C)cc1. The Morgan fingerprint density at radius 1 is 1.05 bits per heavy atom. The Labute approximate surface area is 120 Å². The number of hydrogen-bond acceptors (Lipinski definition) is 3. The van der Waals surface area contributed by atoms with Gasteiger partial charge in [-0.2, -0.15) is 0 Å². The summed E-state index contributed by atoms with van der Waals surface area (Å²) in [6, 6.07) is 6.38. The van der Waals surface area contributed by atoms with Crippen molar-refractivity contribution in [2.24, 2.45) is 0 Å². The molecule has 0 unspecified atom stereocenters. The highest BCUT2D eigenvalue weighted by molar-refractivity contribution is 7.94. The quantitative estimate of drug-likeness (QED) is 0.895. The Morgan fingerprint density at radius 3 is 1.85 bits per heavy atom. The van der Waals surface area contributed by atoms with Crippen LogP contribution in [-0.4, -0.2) is 24.2 Å². The minimum Gasteiger partial charge on any atom is -0.481 e. The molecular weight excluding hydrogens is 278 g/mol. The van der Waals surface area contributed by atoms with E-state index in [9.17, 15) is 13.2 Å². The van der Waals surface area contributed by atoms with Gasteiger partial charge >= 0.3 is 5.97 Å². The summed E-state index contributed by atoms with van der Waals surface area (Å²) in [5, 5.41) is 9.15. The average Bonchev–Trinajstić information content (AvgIpc) is 2.27. The molecule has 1 rings (SSSR count). The third kappa shape index (κ3) is 3.30. The molecule has 0 saturated carbocycles. The van der Waals surface area contributed by atoms with Crippen molar-refractivity contribution in [3.05, 3.63) is 29.8 Å². The van der Waals surface area contributed by atoms with E-state index in [0.717, 1.165) is 0 Å². The first-order valence-corrected chi connectivity index (χ1v) is 7.72. The molecule has 0 heterocycles. The van der Waals surface area contributed by atoms with Gasteiger partial charge in [-0.1, -0.05) is 12.1 Å². The molecule has 5 nitrogen and oxygen atoms in total. The minimum absolute atomic E-state index is 0.421. The molecule has 0 aliphatic carbocycles. The van der Waals surface area contributed by atoms with E-state index >= 15 is 0 Å². The lowest BCUT2D eigenvalue weighted by Gasteiger charge is -2.22. The maximum Gasteiger partial charge on any atom is 0.313 e. The predicted octanol–water partition coefficient (Wildman–Crippen LogP) is 2.59. The summed E-state index contributed by atoms with van der Waals surface area (Å²) in [6.07, 6.45) is 0. The van der Waals surface area contributed by atoms with Gasteiger partial charge in [-0.25, -0.2) is 8.42 Å². The Kier molecular flexibility index (Phi) is 4.20. The number of nitrogens with one attached hydrogen (secondary N) is 1. The lowest BCUT2D eigenvalue weighted by molar-refractivity contribution is -0.142. The molecule has 2 N–H and O–H groups in total. The van der Waals surface area contributed by atoms with Crippen LogP contribution in [0.1, 0.15) is 40.2 Å². The van der Waals surface area contributed by atoms with Gasteiger partial charge in [0, 0.05) is 5.69 Å². The molecule has 0 saturated heterocycles. The van der Waals surface area contributed by atoms with Crippen molar-refractivity contribution in [1.82, 2.24) is 0 Å². The molecular formula is C14H21NO4S. The maximum atomic E-state index is 12.0. The van der Waals surface area contributed by atoms with Crippen LogP contribution >= 0.6 is 0 Å². The maximum absolute atomic E-state index is 12.0. The third-order valence-corrected chi connectivity index (χ3v) is 5.32. The number of rotatable bonds is 4. The molecule has 0 atom stereocenters. The molecule has 0 bridgehead atoms. The highest BCUT2D eigenvalue weighted by Gasteiger charge is 2.30. The summed E-state index contributed by atoms with van der Waals surface area (Å²) in [5.41, 5.74) is 0.0232. The van der Waals surface area contributed by atoms with Crippen molar-refractivity contribution >= 4 is 21.7 Å². The molecule has 0 radical (unpaired) electrons. The summed E-state index contributed by atoms with van der Waals surface area (Å²) >= 11 is 0. The van der Waals surface area contributed by atoms with Crippen molar-refractivity contribution < 1.29 is 18.3 Å².